The number of unbranched alkanes of at least 4 members (excludes halogenated alkanes) is 1. The van der Waals surface area contributed by atoms with Gasteiger partial charge in [0.25, 0.3) is 5.91 Å². The number of rotatable bonds is 10. The van der Waals surface area contributed by atoms with Crippen molar-refractivity contribution in [2.45, 2.75) is 31.1 Å². The molecule has 1 aromatic rings. The molecule has 0 bridgehead atoms. The highest BCUT2D eigenvalue weighted by molar-refractivity contribution is 7.89. The Hall–Kier alpha value is -1.44. The maximum Gasteiger partial charge on any atom is 0.251 e. The summed E-state index contributed by atoms with van der Waals surface area (Å²) in [5.41, 5.74) is 0.435. The molecule has 124 valence electrons. The molecule has 0 saturated carbocycles. The lowest BCUT2D eigenvalue weighted by Crippen LogP contribution is -2.26. The molecule has 0 radical (unpaired) electrons. The van der Waals surface area contributed by atoms with Crippen LogP contribution >= 0.6 is 0 Å². The van der Waals surface area contributed by atoms with Gasteiger partial charge in [-0.25, -0.2) is 13.1 Å². The molecular formula is C15H24N2O4S. The Bertz CT molecular complexity index is 555. The molecule has 0 atom stereocenters. The van der Waals surface area contributed by atoms with E-state index >= 15 is 0 Å². The van der Waals surface area contributed by atoms with Gasteiger partial charge >= 0.3 is 0 Å². The Morgan fingerprint density at radius 1 is 1.14 bits per heavy atom. The third-order valence-corrected chi connectivity index (χ3v) is 4.54. The normalized spacial score (nSPS) is 11.4. The lowest BCUT2D eigenvalue weighted by atomic mass is 10.2. The number of ether oxygens (including phenoxy) is 1. The average Bonchev–Trinajstić information content (AvgIpc) is 2.51. The molecular weight excluding hydrogens is 304 g/mol. The van der Waals surface area contributed by atoms with Gasteiger partial charge in [0.05, 0.1) is 4.90 Å². The van der Waals surface area contributed by atoms with Gasteiger partial charge < -0.3 is 10.1 Å². The molecule has 7 heteroatoms. The summed E-state index contributed by atoms with van der Waals surface area (Å²) in [4.78, 5) is 12.0. The number of amides is 1. The standard InChI is InChI=1S/C15H24N2O4S/c1-3-4-11-17-22(19,20)14-8-6-13(7-9-14)15(18)16-10-5-12-21-2/h6-9,17H,3-5,10-12H2,1-2H3,(H,16,18). The van der Waals surface area contributed by atoms with Crippen molar-refractivity contribution in [1.82, 2.24) is 10.0 Å². The third kappa shape index (κ3) is 6.13. The SMILES string of the molecule is CCCCNS(=O)(=O)c1ccc(C(=O)NCCCOC)cc1. The highest BCUT2D eigenvalue weighted by atomic mass is 32.2. The summed E-state index contributed by atoms with van der Waals surface area (Å²) in [6.45, 7) is 3.51. The van der Waals surface area contributed by atoms with Crippen LogP contribution in [0.3, 0.4) is 0 Å². The monoisotopic (exact) mass is 328 g/mol. The predicted octanol–water partition coefficient (Wildman–Crippen LogP) is 1.53. The quantitative estimate of drug-likeness (QED) is 0.638. The molecule has 6 nitrogen and oxygen atoms in total. The number of nitrogens with one attached hydrogen (secondary N) is 2. The Kier molecular flexibility index (Phi) is 8.08. The van der Waals surface area contributed by atoms with Crippen molar-refractivity contribution in [1.29, 1.82) is 0 Å². The van der Waals surface area contributed by atoms with Gasteiger partial charge in [0.1, 0.15) is 0 Å². The van der Waals surface area contributed by atoms with Crippen molar-refractivity contribution >= 4 is 15.9 Å². The topological polar surface area (TPSA) is 84.5 Å². The molecule has 0 spiro atoms. The zero-order valence-corrected chi connectivity index (χ0v) is 13.9. The Morgan fingerprint density at radius 2 is 1.82 bits per heavy atom. The van der Waals surface area contributed by atoms with E-state index in [0.29, 0.717) is 25.3 Å². The van der Waals surface area contributed by atoms with E-state index < -0.39 is 10.0 Å². The summed E-state index contributed by atoms with van der Waals surface area (Å²) in [6, 6.07) is 5.91. The first-order valence-electron chi connectivity index (χ1n) is 7.38. The minimum Gasteiger partial charge on any atom is -0.385 e. The van der Waals surface area contributed by atoms with Crippen LogP contribution in [-0.4, -0.2) is 41.1 Å². The second-order valence-corrected chi connectivity index (χ2v) is 6.64. The first kappa shape index (κ1) is 18.6. The van der Waals surface area contributed by atoms with Crippen LogP contribution in [-0.2, 0) is 14.8 Å². The van der Waals surface area contributed by atoms with Gasteiger partial charge in [-0.05, 0) is 37.1 Å². The first-order chi connectivity index (χ1) is 10.5. The van der Waals surface area contributed by atoms with E-state index in [2.05, 4.69) is 10.0 Å². The van der Waals surface area contributed by atoms with Crippen molar-refractivity contribution in [2.24, 2.45) is 0 Å². The summed E-state index contributed by atoms with van der Waals surface area (Å²) in [5.74, 6) is -0.223. The van der Waals surface area contributed by atoms with E-state index in [1.807, 2.05) is 6.92 Å². The number of hydrogen-bond donors (Lipinski definition) is 2. The van der Waals surface area contributed by atoms with E-state index in [1.165, 1.54) is 24.3 Å². The van der Waals surface area contributed by atoms with Gasteiger partial charge in [0.15, 0.2) is 0 Å². The Balaban J connectivity index is 2.60. The Morgan fingerprint density at radius 3 is 2.41 bits per heavy atom. The molecule has 0 aromatic heterocycles. The van der Waals surface area contributed by atoms with Gasteiger partial charge in [-0.1, -0.05) is 13.3 Å². The lowest BCUT2D eigenvalue weighted by Gasteiger charge is -2.08. The van der Waals surface area contributed by atoms with Crippen molar-refractivity contribution in [2.75, 3.05) is 26.8 Å². The number of hydrogen-bond acceptors (Lipinski definition) is 4. The third-order valence-electron chi connectivity index (χ3n) is 3.06. The molecule has 1 rings (SSSR count). The number of benzene rings is 1. The van der Waals surface area contributed by atoms with Gasteiger partial charge in [-0.2, -0.15) is 0 Å². The maximum absolute atomic E-state index is 12.0. The molecule has 0 aliphatic heterocycles. The molecule has 0 unspecified atom stereocenters. The Labute approximate surface area is 132 Å². The van der Waals surface area contributed by atoms with Crippen LogP contribution in [0.2, 0.25) is 0 Å². The minimum absolute atomic E-state index is 0.166. The van der Waals surface area contributed by atoms with Crippen LogP contribution in [0.1, 0.15) is 36.5 Å². The molecule has 0 saturated heterocycles. The van der Waals surface area contributed by atoms with Gasteiger partial charge in [0.2, 0.25) is 10.0 Å². The van der Waals surface area contributed by atoms with Crippen molar-refractivity contribution in [3.05, 3.63) is 29.8 Å². The van der Waals surface area contributed by atoms with Crippen LogP contribution in [0.5, 0.6) is 0 Å². The molecule has 0 aliphatic rings. The molecule has 22 heavy (non-hydrogen) atoms. The fourth-order valence-corrected chi connectivity index (χ4v) is 2.85. The summed E-state index contributed by atoms with van der Waals surface area (Å²) < 4.78 is 31.4. The number of sulfonamides is 1. The summed E-state index contributed by atoms with van der Waals surface area (Å²) in [5, 5.41) is 2.75. The predicted molar refractivity (Wildman–Crippen MR) is 85.4 cm³/mol. The average molecular weight is 328 g/mol. The molecule has 0 fully saturated rings. The molecule has 0 aliphatic carbocycles. The molecule has 1 amide bonds. The zero-order chi connectivity index (χ0) is 16.4. The second kappa shape index (κ2) is 9.55. The van der Waals surface area contributed by atoms with Crippen LogP contribution in [0.4, 0.5) is 0 Å². The van der Waals surface area contributed by atoms with Gasteiger partial charge in [-0.3, -0.25) is 4.79 Å². The highest BCUT2D eigenvalue weighted by Crippen LogP contribution is 2.10. The lowest BCUT2D eigenvalue weighted by molar-refractivity contribution is 0.0948. The maximum atomic E-state index is 12.0. The van der Waals surface area contributed by atoms with E-state index in [1.54, 1.807) is 7.11 Å². The van der Waals surface area contributed by atoms with Crippen LogP contribution in [0.25, 0.3) is 0 Å². The second-order valence-electron chi connectivity index (χ2n) is 4.88. The van der Waals surface area contributed by atoms with Crippen LogP contribution < -0.4 is 10.0 Å². The fraction of sp³-hybridized carbons (Fsp3) is 0.533. The largest absolute Gasteiger partial charge is 0.385 e. The van der Waals surface area contributed by atoms with E-state index in [4.69, 9.17) is 4.74 Å². The smallest absolute Gasteiger partial charge is 0.251 e. The first-order valence-corrected chi connectivity index (χ1v) is 8.86. The summed E-state index contributed by atoms with van der Waals surface area (Å²) in [7, 11) is -1.89. The van der Waals surface area contributed by atoms with E-state index in [0.717, 1.165) is 19.3 Å². The van der Waals surface area contributed by atoms with Crippen LogP contribution in [0.15, 0.2) is 29.2 Å². The molecule has 1 aromatic carbocycles. The molecule has 2 N–H and O–H groups in total. The number of carbonyl (C=O) groups excluding carboxylic acids is 1. The zero-order valence-electron chi connectivity index (χ0n) is 13.1. The molecule has 0 heterocycles. The van der Waals surface area contributed by atoms with Crippen molar-refractivity contribution in [3.8, 4) is 0 Å². The van der Waals surface area contributed by atoms with Gasteiger partial charge in [-0.15, -0.1) is 0 Å². The van der Waals surface area contributed by atoms with Crippen molar-refractivity contribution < 1.29 is 17.9 Å². The minimum atomic E-state index is -3.50. The fourth-order valence-electron chi connectivity index (χ4n) is 1.77. The summed E-state index contributed by atoms with van der Waals surface area (Å²) >= 11 is 0. The summed E-state index contributed by atoms with van der Waals surface area (Å²) in [6.07, 6.45) is 2.45. The van der Waals surface area contributed by atoms with Gasteiger partial charge in [0, 0.05) is 32.4 Å². The van der Waals surface area contributed by atoms with Crippen molar-refractivity contribution in [3.63, 3.8) is 0 Å². The highest BCUT2D eigenvalue weighted by Gasteiger charge is 2.14. The number of carbonyl (C=O) groups is 1. The van der Waals surface area contributed by atoms with E-state index in [-0.39, 0.29) is 10.8 Å². The van der Waals surface area contributed by atoms with Crippen LogP contribution in [0, 0.1) is 0 Å². The number of methoxy groups -OCH3 is 1. The van der Waals surface area contributed by atoms with E-state index in [9.17, 15) is 13.2 Å².